The maximum atomic E-state index is 13.3. The molecule has 2 saturated heterocycles. The second kappa shape index (κ2) is 12.5. The van der Waals surface area contributed by atoms with E-state index >= 15 is 0 Å². The molecule has 0 saturated carbocycles. The molecule has 0 bridgehead atoms. The van der Waals surface area contributed by atoms with E-state index in [9.17, 15) is 19.2 Å². The van der Waals surface area contributed by atoms with E-state index in [1.165, 1.54) is 14.2 Å². The first-order chi connectivity index (χ1) is 16.5. The van der Waals surface area contributed by atoms with Gasteiger partial charge in [0.05, 0.1) is 25.3 Å². The predicted octanol–water partition coefficient (Wildman–Crippen LogP) is 2.00. The quantitative estimate of drug-likeness (QED) is 0.576. The first-order valence-corrected chi connectivity index (χ1v) is 12.0. The monoisotopic (exact) mass is 473 g/mol. The number of rotatable bonds is 8. The fourth-order valence-electron chi connectivity index (χ4n) is 4.71. The van der Waals surface area contributed by atoms with Crippen molar-refractivity contribution < 1.29 is 28.7 Å². The zero-order chi connectivity index (χ0) is 24.5. The highest BCUT2D eigenvalue weighted by Crippen LogP contribution is 2.19. The highest BCUT2D eigenvalue weighted by molar-refractivity contribution is 6.08. The molecular weight excluding hydrogens is 438 g/mol. The molecule has 2 amide bonds. The molecule has 34 heavy (non-hydrogen) atoms. The Morgan fingerprint density at radius 2 is 1.38 bits per heavy atom. The Labute approximate surface area is 200 Å². The Balaban J connectivity index is 1.80. The highest BCUT2D eigenvalue weighted by Gasteiger charge is 2.35. The van der Waals surface area contributed by atoms with Crippen molar-refractivity contribution in [3.8, 4) is 0 Å². The van der Waals surface area contributed by atoms with Crippen LogP contribution in [0.1, 0.15) is 65.7 Å². The molecule has 3 rings (SSSR count). The van der Waals surface area contributed by atoms with E-state index < -0.39 is 29.9 Å². The molecule has 1 N–H and O–H groups in total. The smallest absolute Gasteiger partial charge is 0.328 e. The molecule has 0 spiro atoms. The van der Waals surface area contributed by atoms with Gasteiger partial charge in [0.15, 0.2) is 0 Å². The molecule has 2 heterocycles. The van der Waals surface area contributed by atoms with Gasteiger partial charge in [0.25, 0.3) is 11.8 Å². The van der Waals surface area contributed by atoms with Crippen molar-refractivity contribution >= 4 is 23.8 Å². The minimum Gasteiger partial charge on any atom is -0.468 e. The Hall–Kier alpha value is -2.94. The number of likely N-dealkylation sites (tertiary alicyclic amines) is 2. The summed E-state index contributed by atoms with van der Waals surface area (Å²) in [5.74, 6) is -1.86. The van der Waals surface area contributed by atoms with Crippen LogP contribution < -0.4 is 5.32 Å². The molecule has 0 aromatic heterocycles. The average Bonchev–Trinajstić information content (AvgIpc) is 2.90. The lowest BCUT2D eigenvalue weighted by Gasteiger charge is -2.34. The van der Waals surface area contributed by atoms with Gasteiger partial charge in [0.1, 0.15) is 12.1 Å². The Morgan fingerprint density at radius 3 is 1.97 bits per heavy atom. The van der Waals surface area contributed by atoms with Crippen molar-refractivity contribution in [3.05, 3.63) is 35.4 Å². The van der Waals surface area contributed by atoms with E-state index in [1.807, 2.05) is 4.90 Å². The summed E-state index contributed by atoms with van der Waals surface area (Å²) in [6.07, 6.45) is 5.98. The van der Waals surface area contributed by atoms with Gasteiger partial charge in [0, 0.05) is 19.5 Å². The fourth-order valence-corrected chi connectivity index (χ4v) is 4.71. The molecular formula is C25H35N3O6. The zero-order valence-electron chi connectivity index (χ0n) is 20.1. The number of carbonyl (C=O) groups is 4. The molecule has 0 unspecified atom stereocenters. The average molecular weight is 474 g/mol. The molecule has 2 aliphatic heterocycles. The molecule has 1 aromatic rings. The lowest BCUT2D eigenvalue weighted by Crippen LogP contribution is -2.51. The third-order valence-corrected chi connectivity index (χ3v) is 6.60. The van der Waals surface area contributed by atoms with Crippen LogP contribution in [0.15, 0.2) is 24.3 Å². The maximum Gasteiger partial charge on any atom is 0.328 e. The van der Waals surface area contributed by atoms with Crippen LogP contribution in [0.5, 0.6) is 0 Å². The number of piperidine rings is 2. The number of nitrogens with one attached hydrogen (secondary N) is 1. The van der Waals surface area contributed by atoms with Crippen LogP contribution in [0.3, 0.4) is 0 Å². The van der Waals surface area contributed by atoms with E-state index in [1.54, 1.807) is 29.2 Å². The zero-order valence-corrected chi connectivity index (χ0v) is 20.1. The molecule has 2 aliphatic rings. The van der Waals surface area contributed by atoms with Gasteiger partial charge in [-0.05, 0) is 57.3 Å². The number of nitrogens with zero attached hydrogens (tertiary/aromatic N) is 2. The number of ether oxygens (including phenoxy) is 2. The first kappa shape index (κ1) is 25.7. The maximum absolute atomic E-state index is 13.3. The largest absolute Gasteiger partial charge is 0.468 e. The van der Waals surface area contributed by atoms with Crippen LogP contribution in [0.2, 0.25) is 0 Å². The third-order valence-electron chi connectivity index (χ3n) is 6.60. The lowest BCUT2D eigenvalue weighted by molar-refractivity contribution is -0.149. The molecule has 0 radical (unpaired) electrons. The number of carbonyl (C=O) groups excluding carboxylic acids is 4. The van der Waals surface area contributed by atoms with Crippen molar-refractivity contribution in [1.29, 1.82) is 0 Å². The fraction of sp³-hybridized carbons (Fsp3) is 0.600. The normalized spacial score (nSPS) is 18.5. The van der Waals surface area contributed by atoms with Crippen LogP contribution in [0, 0.1) is 0 Å². The number of amides is 2. The summed E-state index contributed by atoms with van der Waals surface area (Å²) in [7, 11) is 2.55. The van der Waals surface area contributed by atoms with Crippen molar-refractivity contribution in [1.82, 2.24) is 15.1 Å². The molecule has 0 aliphatic carbocycles. The summed E-state index contributed by atoms with van der Waals surface area (Å²) < 4.78 is 9.92. The minimum absolute atomic E-state index is 0.0212. The summed E-state index contributed by atoms with van der Waals surface area (Å²) in [5, 5.41) is 2.71. The van der Waals surface area contributed by atoms with Gasteiger partial charge in [-0.25, -0.2) is 4.79 Å². The standard InChI is InChI=1S/C25H35N3O6/c1-33-24(31)20(17-21(25(32)34-2)27-13-7-3-8-14-27)26-22(29)18-11-5-6-12-19(18)23(30)28-15-9-4-10-16-28/h5-6,11-12,20-21H,3-4,7-10,13-17H2,1-2H3,(H,26,29)/t20-,21+/m1/s1. The number of hydrogen-bond donors (Lipinski definition) is 1. The summed E-state index contributed by atoms with van der Waals surface area (Å²) in [5.41, 5.74) is 0.491. The predicted molar refractivity (Wildman–Crippen MR) is 125 cm³/mol. The van der Waals surface area contributed by atoms with E-state index in [4.69, 9.17) is 9.47 Å². The van der Waals surface area contributed by atoms with Crippen LogP contribution in [0.25, 0.3) is 0 Å². The van der Waals surface area contributed by atoms with Gasteiger partial charge in [-0.1, -0.05) is 18.6 Å². The van der Waals surface area contributed by atoms with E-state index in [2.05, 4.69) is 5.32 Å². The third kappa shape index (κ3) is 6.34. The van der Waals surface area contributed by atoms with Crippen molar-refractivity contribution in [2.24, 2.45) is 0 Å². The number of benzene rings is 1. The van der Waals surface area contributed by atoms with Crippen molar-refractivity contribution in [3.63, 3.8) is 0 Å². The number of methoxy groups -OCH3 is 2. The number of esters is 2. The topological polar surface area (TPSA) is 105 Å². The molecule has 2 fully saturated rings. The van der Waals surface area contributed by atoms with Gasteiger partial charge < -0.3 is 19.7 Å². The van der Waals surface area contributed by atoms with Gasteiger partial charge >= 0.3 is 11.9 Å². The second-order valence-corrected chi connectivity index (χ2v) is 8.82. The van der Waals surface area contributed by atoms with Gasteiger partial charge in [-0.3, -0.25) is 19.3 Å². The van der Waals surface area contributed by atoms with E-state index in [0.717, 1.165) is 51.6 Å². The van der Waals surface area contributed by atoms with Gasteiger partial charge in [0.2, 0.25) is 0 Å². The molecule has 1 aromatic carbocycles. The molecule has 9 nitrogen and oxygen atoms in total. The van der Waals surface area contributed by atoms with E-state index in [0.29, 0.717) is 18.7 Å². The molecule has 2 atom stereocenters. The Morgan fingerprint density at radius 1 is 0.824 bits per heavy atom. The number of hydrogen-bond acceptors (Lipinski definition) is 7. The van der Waals surface area contributed by atoms with Gasteiger partial charge in [-0.15, -0.1) is 0 Å². The summed E-state index contributed by atoms with van der Waals surface area (Å²) in [6, 6.07) is 4.85. The van der Waals surface area contributed by atoms with Crippen LogP contribution >= 0.6 is 0 Å². The summed E-state index contributed by atoms with van der Waals surface area (Å²) in [4.78, 5) is 55.3. The van der Waals surface area contributed by atoms with Crippen LogP contribution in [-0.4, -0.2) is 86.0 Å². The minimum atomic E-state index is -1.07. The van der Waals surface area contributed by atoms with E-state index in [-0.39, 0.29) is 17.9 Å². The molecule has 9 heteroatoms. The van der Waals surface area contributed by atoms with Crippen molar-refractivity contribution in [2.75, 3.05) is 40.4 Å². The first-order valence-electron chi connectivity index (χ1n) is 12.0. The second-order valence-electron chi connectivity index (χ2n) is 8.82. The van der Waals surface area contributed by atoms with Gasteiger partial charge in [-0.2, -0.15) is 0 Å². The molecule has 186 valence electrons. The Bertz CT molecular complexity index is 877. The Kier molecular flexibility index (Phi) is 9.44. The highest BCUT2D eigenvalue weighted by atomic mass is 16.5. The van der Waals surface area contributed by atoms with Crippen LogP contribution in [-0.2, 0) is 19.1 Å². The lowest BCUT2D eigenvalue weighted by atomic mass is 10.00. The van der Waals surface area contributed by atoms with Crippen molar-refractivity contribution in [2.45, 2.75) is 57.0 Å². The van der Waals surface area contributed by atoms with Crippen LogP contribution in [0.4, 0.5) is 0 Å². The summed E-state index contributed by atoms with van der Waals surface area (Å²) in [6.45, 7) is 2.76. The SMILES string of the molecule is COC(=O)[C@@H](C[C@@H](C(=O)OC)N1CCCCC1)NC(=O)c1ccccc1C(=O)N1CCCCC1. The summed E-state index contributed by atoms with van der Waals surface area (Å²) >= 11 is 0.